The van der Waals surface area contributed by atoms with Crippen molar-refractivity contribution in [3.8, 4) is 0 Å². The van der Waals surface area contributed by atoms with Crippen molar-refractivity contribution in [3.63, 3.8) is 0 Å². The Hall–Kier alpha value is -1.84. The molecule has 88 valence electrons. The summed E-state index contributed by atoms with van der Waals surface area (Å²) in [5.41, 5.74) is 0.879. The van der Waals surface area contributed by atoms with Gasteiger partial charge in [0.05, 0.1) is 0 Å². The third kappa shape index (κ3) is 1.37. The van der Waals surface area contributed by atoms with Crippen molar-refractivity contribution >= 4 is 17.6 Å². The van der Waals surface area contributed by atoms with Gasteiger partial charge >= 0.3 is 5.97 Å². The van der Waals surface area contributed by atoms with E-state index < -0.39 is 11.4 Å². The topological polar surface area (TPSA) is 57.6 Å². The number of hydrogen-bond donors (Lipinski definition) is 1. The van der Waals surface area contributed by atoms with Crippen molar-refractivity contribution in [2.45, 2.75) is 19.3 Å². The lowest BCUT2D eigenvalue weighted by atomic mass is 10.1. The van der Waals surface area contributed by atoms with Crippen LogP contribution in [-0.2, 0) is 16.0 Å². The molecule has 0 saturated heterocycles. The van der Waals surface area contributed by atoms with Gasteiger partial charge in [-0.15, -0.1) is 0 Å². The Balaban J connectivity index is 1.93. The maximum atomic E-state index is 12.3. The minimum atomic E-state index is -1.13. The Bertz CT molecular complexity index is 505. The standard InChI is InChI=1S/C13H13NO3/c15-11(13(6-7-13)12(16)17)14-8-5-9-3-1-2-4-10(9)14/h1-4H,5-8H2,(H,16,17). The van der Waals surface area contributed by atoms with Crippen LogP contribution >= 0.6 is 0 Å². The number of nitrogens with zero attached hydrogens (tertiary/aromatic N) is 1. The summed E-state index contributed by atoms with van der Waals surface area (Å²) < 4.78 is 0. The smallest absolute Gasteiger partial charge is 0.319 e. The van der Waals surface area contributed by atoms with Gasteiger partial charge in [0.15, 0.2) is 0 Å². The number of rotatable bonds is 2. The van der Waals surface area contributed by atoms with Crippen LogP contribution in [0, 0.1) is 5.41 Å². The van der Waals surface area contributed by atoms with E-state index in [9.17, 15) is 9.59 Å². The summed E-state index contributed by atoms with van der Waals surface area (Å²) in [5.74, 6) is -1.22. The van der Waals surface area contributed by atoms with Gasteiger partial charge in [0.2, 0.25) is 5.91 Å². The van der Waals surface area contributed by atoms with Crippen LogP contribution in [0.25, 0.3) is 0 Å². The van der Waals surface area contributed by atoms with E-state index >= 15 is 0 Å². The Kier molecular flexibility index (Phi) is 2.02. The Labute approximate surface area is 98.9 Å². The summed E-state index contributed by atoms with van der Waals surface area (Å²) in [6.45, 7) is 0.604. The molecule has 1 aromatic rings. The molecule has 1 fully saturated rings. The van der Waals surface area contributed by atoms with Crippen molar-refractivity contribution in [2.24, 2.45) is 5.41 Å². The highest BCUT2D eigenvalue weighted by molar-refractivity contribution is 6.12. The fourth-order valence-corrected chi connectivity index (χ4v) is 2.45. The highest BCUT2D eigenvalue weighted by Crippen LogP contribution is 2.49. The summed E-state index contributed by atoms with van der Waals surface area (Å²) in [4.78, 5) is 25.1. The lowest BCUT2D eigenvalue weighted by Gasteiger charge is -2.21. The number of carboxylic acid groups (broad SMARTS) is 1. The molecular weight excluding hydrogens is 218 g/mol. The SMILES string of the molecule is O=C(O)C1(C(=O)N2CCc3ccccc32)CC1. The number of fused-ring (bicyclic) bond motifs is 1. The second kappa shape index (κ2) is 3.32. The Morgan fingerprint density at radius 1 is 1.24 bits per heavy atom. The molecule has 3 rings (SSSR count). The van der Waals surface area contributed by atoms with Gasteiger partial charge in [0.25, 0.3) is 0 Å². The van der Waals surface area contributed by atoms with Crippen LogP contribution in [0.2, 0.25) is 0 Å². The van der Waals surface area contributed by atoms with Gasteiger partial charge in [-0.1, -0.05) is 18.2 Å². The number of anilines is 1. The normalized spacial score (nSPS) is 19.9. The molecule has 4 nitrogen and oxygen atoms in total. The first kappa shape index (κ1) is 10.3. The molecule has 1 amide bonds. The summed E-state index contributed by atoms with van der Waals surface area (Å²) in [6, 6.07) is 7.70. The molecule has 0 atom stereocenters. The van der Waals surface area contributed by atoms with Gasteiger partial charge in [0, 0.05) is 12.2 Å². The molecule has 0 unspecified atom stereocenters. The van der Waals surface area contributed by atoms with Crippen LogP contribution in [-0.4, -0.2) is 23.5 Å². The van der Waals surface area contributed by atoms with E-state index in [0.29, 0.717) is 19.4 Å². The van der Waals surface area contributed by atoms with E-state index in [1.165, 1.54) is 0 Å². The molecule has 2 aliphatic rings. The number of carbonyl (C=O) groups excluding carboxylic acids is 1. The number of aliphatic carboxylic acids is 1. The van der Waals surface area contributed by atoms with Crippen molar-refractivity contribution < 1.29 is 14.7 Å². The van der Waals surface area contributed by atoms with Crippen molar-refractivity contribution in [3.05, 3.63) is 29.8 Å². The predicted molar refractivity (Wildman–Crippen MR) is 61.8 cm³/mol. The summed E-state index contributed by atoms with van der Waals surface area (Å²) in [7, 11) is 0. The molecular formula is C13H13NO3. The average Bonchev–Trinajstić information content (AvgIpc) is 3.03. The highest BCUT2D eigenvalue weighted by atomic mass is 16.4. The number of benzene rings is 1. The minimum Gasteiger partial charge on any atom is -0.480 e. The molecule has 1 aliphatic carbocycles. The lowest BCUT2D eigenvalue weighted by molar-refractivity contribution is -0.148. The van der Waals surface area contributed by atoms with E-state index in [2.05, 4.69) is 0 Å². The van der Waals surface area contributed by atoms with Crippen molar-refractivity contribution in [2.75, 3.05) is 11.4 Å². The van der Waals surface area contributed by atoms with Crippen LogP contribution in [0.3, 0.4) is 0 Å². The number of carbonyl (C=O) groups is 2. The van der Waals surface area contributed by atoms with Crippen LogP contribution in [0.15, 0.2) is 24.3 Å². The number of para-hydroxylation sites is 1. The quantitative estimate of drug-likeness (QED) is 0.783. The van der Waals surface area contributed by atoms with Gasteiger partial charge in [-0.25, -0.2) is 0 Å². The highest BCUT2D eigenvalue weighted by Gasteiger charge is 2.59. The number of carboxylic acids is 1. The fourth-order valence-electron chi connectivity index (χ4n) is 2.45. The molecule has 1 N–H and O–H groups in total. The fraction of sp³-hybridized carbons (Fsp3) is 0.385. The van der Waals surface area contributed by atoms with Gasteiger partial charge in [-0.3, -0.25) is 9.59 Å². The molecule has 1 saturated carbocycles. The lowest BCUT2D eigenvalue weighted by Crippen LogP contribution is -2.40. The largest absolute Gasteiger partial charge is 0.480 e. The second-order valence-electron chi connectivity index (χ2n) is 4.72. The molecule has 0 aromatic heterocycles. The van der Waals surface area contributed by atoms with Crippen LogP contribution in [0.5, 0.6) is 0 Å². The zero-order chi connectivity index (χ0) is 12.0. The van der Waals surface area contributed by atoms with Gasteiger partial charge in [0.1, 0.15) is 5.41 Å². The first-order valence-electron chi connectivity index (χ1n) is 5.78. The Morgan fingerprint density at radius 2 is 1.94 bits per heavy atom. The monoisotopic (exact) mass is 231 g/mol. The van der Waals surface area contributed by atoms with Crippen molar-refractivity contribution in [1.29, 1.82) is 0 Å². The van der Waals surface area contributed by atoms with E-state index in [0.717, 1.165) is 17.7 Å². The third-order valence-corrected chi connectivity index (χ3v) is 3.70. The first-order valence-corrected chi connectivity index (χ1v) is 5.78. The minimum absolute atomic E-state index is 0.241. The molecule has 0 radical (unpaired) electrons. The third-order valence-electron chi connectivity index (χ3n) is 3.70. The molecule has 1 heterocycles. The Morgan fingerprint density at radius 3 is 2.59 bits per heavy atom. The number of amides is 1. The van der Waals surface area contributed by atoms with Crippen LogP contribution in [0.4, 0.5) is 5.69 Å². The first-order chi connectivity index (χ1) is 8.15. The molecule has 17 heavy (non-hydrogen) atoms. The van der Waals surface area contributed by atoms with Gasteiger partial charge in [-0.2, -0.15) is 0 Å². The average molecular weight is 231 g/mol. The maximum Gasteiger partial charge on any atom is 0.319 e. The van der Waals surface area contributed by atoms with E-state index in [1.54, 1.807) is 4.90 Å². The zero-order valence-electron chi connectivity index (χ0n) is 9.35. The van der Waals surface area contributed by atoms with Crippen molar-refractivity contribution in [1.82, 2.24) is 0 Å². The molecule has 1 aromatic carbocycles. The summed E-state index contributed by atoms with van der Waals surface area (Å²) >= 11 is 0. The van der Waals surface area contributed by atoms with Crippen LogP contribution < -0.4 is 4.90 Å². The second-order valence-corrected chi connectivity index (χ2v) is 4.72. The number of hydrogen-bond acceptors (Lipinski definition) is 2. The molecule has 4 heteroatoms. The summed E-state index contributed by atoms with van der Waals surface area (Å²) in [5, 5.41) is 9.13. The zero-order valence-corrected chi connectivity index (χ0v) is 9.35. The van der Waals surface area contributed by atoms with Crippen LogP contribution in [0.1, 0.15) is 18.4 Å². The van der Waals surface area contributed by atoms with Gasteiger partial charge in [-0.05, 0) is 30.9 Å². The molecule has 0 bridgehead atoms. The van der Waals surface area contributed by atoms with E-state index in [-0.39, 0.29) is 5.91 Å². The summed E-state index contributed by atoms with van der Waals surface area (Å²) in [6.07, 6.45) is 1.76. The van der Waals surface area contributed by atoms with E-state index in [4.69, 9.17) is 5.11 Å². The van der Waals surface area contributed by atoms with Gasteiger partial charge < -0.3 is 10.0 Å². The maximum absolute atomic E-state index is 12.3. The van der Waals surface area contributed by atoms with E-state index in [1.807, 2.05) is 24.3 Å². The predicted octanol–water partition coefficient (Wildman–Crippen LogP) is 1.44. The molecule has 1 aliphatic heterocycles. The molecule has 0 spiro atoms.